The van der Waals surface area contributed by atoms with Gasteiger partial charge in [-0.15, -0.1) is 0 Å². The normalized spacial score (nSPS) is 24.2. The Kier molecular flexibility index (Phi) is 5.03. The molecule has 25 heavy (non-hydrogen) atoms. The Morgan fingerprint density at radius 1 is 1.12 bits per heavy atom. The lowest BCUT2D eigenvalue weighted by Gasteiger charge is -2.33. The first kappa shape index (κ1) is 17.4. The molecular weight excluding hydrogens is 322 g/mol. The van der Waals surface area contributed by atoms with E-state index in [2.05, 4.69) is 6.92 Å². The number of anilines is 1. The first-order valence-electron chi connectivity index (χ1n) is 8.75. The zero-order valence-corrected chi connectivity index (χ0v) is 14.7. The lowest BCUT2D eigenvalue weighted by Crippen LogP contribution is -3.18. The predicted octanol–water partition coefficient (Wildman–Crippen LogP) is 0.795. The highest BCUT2D eigenvalue weighted by atomic mass is 16.5. The van der Waals surface area contributed by atoms with Crippen LogP contribution in [0.4, 0.5) is 10.5 Å². The molecule has 3 rings (SSSR count). The van der Waals surface area contributed by atoms with Crippen LogP contribution in [-0.2, 0) is 9.59 Å². The Balaban J connectivity index is 1.79. The molecule has 0 bridgehead atoms. The summed E-state index contributed by atoms with van der Waals surface area (Å²) in [5.41, 5.74) is 0.382. The van der Waals surface area contributed by atoms with Gasteiger partial charge in [-0.1, -0.05) is 6.92 Å². The molecule has 2 heterocycles. The molecule has 2 aliphatic heterocycles. The lowest BCUT2D eigenvalue weighted by atomic mass is 10.0. The zero-order valence-electron chi connectivity index (χ0n) is 14.7. The summed E-state index contributed by atoms with van der Waals surface area (Å²) in [5, 5.41) is 0. The topological polar surface area (TPSA) is 71.4 Å². The molecule has 7 heteroatoms. The molecule has 0 aromatic heterocycles. The molecule has 0 spiro atoms. The first-order valence-corrected chi connectivity index (χ1v) is 8.75. The van der Waals surface area contributed by atoms with Gasteiger partial charge in [0.1, 0.15) is 5.75 Å². The molecule has 2 fully saturated rings. The minimum atomic E-state index is -0.792. The van der Waals surface area contributed by atoms with Crippen molar-refractivity contribution in [2.75, 3.05) is 25.2 Å². The Bertz CT molecular complexity index is 673. The molecule has 4 amide bonds. The molecule has 0 radical (unpaired) electrons. The summed E-state index contributed by atoms with van der Waals surface area (Å²) in [4.78, 5) is 40.7. The van der Waals surface area contributed by atoms with Gasteiger partial charge in [0.15, 0.2) is 6.67 Å². The van der Waals surface area contributed by atoms with Crippen molar-refractivity contribution in [2.24, 2.45) is 0 Å². The van der Waals surface area contributed by atoms with Crippen LogP contribution in [0.3, 0.4) is 0 Å². The molecule has 0 aliphatic carbocycles. The predicted molar refractivity (Wildman–Crippen MR) is 91.3 cm³/mol. The maximum absolute atomic E-state index is 12.7. The van der Waals surface area contributed by atoms with Gasteiger partial charge in [0.25, 0.3) is 0 Å². The second-order valence-corrected chi connectivity index (χ2v) is 6.52. The van der Waals surface area contributed by atoms with Crippen LogP contribution >= 0.6 is 0 Å². The van der Waals surface area contributed by atoms with E-state index in [4.69, 9.17) is 4.74 Å². The average Bonchev–Trinajstić information content (AvgIpc) is 2.86. The van der Waals surface area contributed by atoms with Gasteiger partial charge in [-0.3, -0.25) is 9.59 Å². The molecule has 0 saturated carbocycles. The Morgan fingerprint density at radius 3 is 2.48 bits per heavy atom. The van der Waals surface area contributed by atoms with Crippen molar-refractivity contribution < 1.29 is 24.0 Å². The zero-order chi connectivity index (χ0) is 18.0. The molecule has 1 unspecified atom stereocenters. The molecule has 2 aliphatic rings. The Morgan fingerprint density at radius 2 is 1.84 bits per heavy atom. The third-order valence-corrected chi connectivity index (χ3v) is 5.12. The number of methoxy groups -OCH3 is 1. The number of carbonyl (C=O) groups is 3. The SMILES string of the molecule is CC[C@@H]1CCCC[NH+]1CN1C(=O)C(=O)N(c2ccc(OC)cc2)C1=O. The number of urea groups is 1. The number of imide groups is 2. The Hall–Kier alpha value is -2.41. The van der Waals surface area contributed by atoms with Crippen molar-refractivity contribution in [3.05, 3.63) is 24.3 Å². The second kappa shape index (κ2) is 7.23. The van der Waals surface area contributed by atoms with Gasteiger partial charge < -0.3 is 9.64 Å². The van der Waals surface area contributed by atoms with Crippen molar-refractivity contribution in [3.63, 3.8) is 0 Å². The number of piperidine rings is 1. The minimum Gasteiger partial charge on any atom is -0.497 e. The first-order chi connectivity index (χ1) is 12.1. The maximum Gasteiger partial charge on any atom is 0.343 e. The van der Waals surface area contributed by atoms with Gasteiger partial charge in [-0.05, 0) is 49.9 Å². The molecule has 2 saturated heterocycles. The Labute approximate surface area is 147 Å². The highest BCUT2D eigenvalue weighted by Gasteiger charge is 2.47. The lowest BCUT2D eigenvalue weighted by molar-refractivity contribution is -0.937. The summed E-state index contributed by atoms with van der Waals surface area (Å²) in [7, 11) is 1.54. The summed E-state index contributed by atoms with van der Waals surface area (Å²) < 4.78 is 5.08. The fraction of sp³-hybridized carbons (Fsp3) is 0.500. The van der Waals surface area contributed by atoms with E-state index >= 15 is 0 Å². The number of amides is 4. The van der Waals surface area contributed by atoms with Crippen LogP contribution < -0.4 is 14.5 Å². The molecule has 1 aromatic rings. The maximum atomic E-state index is 12.7. The van der Waals surface area contributed by atoms with Gasteiger partial charge in [0, 0.05) is 0 Å². The van der Waals surface area contributed by atoms with Crippen molar-refractivity contribution in [3.8, 4) is 5.75 Å². The number of ether oxygens (including phenoxy) is 1. The molecule has 1 N–H and O–H groups in total. The summed E-state index contributed by atoms with van der Waals surface area (Å²) >= 11 is 0. The number of hydrogen-bond acceptors (Lipinski definition) is 4. The van der Waals surface area contributed by atoms with Gasteiger partial charge >= 0.3 is 17.8 Å². The van der Waals surface area contributed by atoms with E-state index in [1.807, 2.05) is 0 Å². The fourth-order valence-electron chi connectivity index (χ4n) is 3.66. The standard InChI is InChI=1S/C18H23N3O4/c1-3-13-6-4-5-11-19(13)12-20-16(22)17(23)21(18(20)24)14-7-9-15(25-2)10-8-14/h7-10,13H,3-6,11-12H2,1-2H3/p+1/t13-/m1/s1. The number of nitrogens with zero attached hydrogens (tertiary/aromatic N) is 2. The highest BCUT2D eigenvalue weighted by Crippen LogP contribution is 2.24. The van der Waals surface area contributed by atoms with E-state index in [9.17, 15) is 14.4 Å². The summed E-state index contributed by atoms with van der Waals surface area (Å²) in [6.45, 7) is 3.30. The third-order valence-electron chi connectivity index (χ3n) is 5.12. The second-order valence-electron chi connectivity index (χ2n) is 6.52. The minimum absolute atomic E-state index is 0.259. The fourth-order valence-corrected chi connectivity index (χ4v) is 3.66. The molecule has 134 valence electrons. The van der Waals surface area contributed by atoms with E-state index in [0.717, 1.165) is 35.6 Å². The highest BCUT2D eigenvalue weighted by molar-refractivity contribution is 6.52. The van der Waals surface area contributed by atoms with Crippen LogP contribution in [0.15, 0.2) is 24.3 Å². The van der Waals surface area contributed by atoms with Crippen LogP contribution in [-0.4, -0.2) is 49.1 Å². The van der Waals surface area contributed by atoms with E-state index in [0.29, 0.717) is 17.5 Å². The van der Waals surface area contributed by atoms with E-state index in [-0.39, 0.29) is 6.67 Å². The number of rotatable bonds is 5. The number of likely N-dealkylation sites (tertiary alicyclic amines) is 1. The quantitative estimate of drug-likeness (QED) is 0.632. The van der Waals surface area contributed by atoms with Gasteiger partial charge in [0.2, 0.25) is 0 Å². The van der Waals surface area contributed by atoms with Crippen LogP contribution in [0.1, 0.15) is 32.6 Å². The van der Waals surface area contributed by atoms with Gasteiger partial charge in [0.05, 0.1) is 25.4 Å². The largest absolute Gasteiger partial charge is 0.497 e. The van der Waals surface area contributed by atoms with Gasteiger partial charge in [-0.25, -0.2) is 14.6 Å². The van der Waals surface area contributed by atoms with Crippen LogP contribution in [0.5, 0.6) is 5.75 Å². The number of quaternary nitrogens is 1. The van der Waals surface area contributed by atoms with Crippen LogP contribution in [0.2, 0.25) is 0 Å². The summed E-state index contributed by atoms with van der Waals surface area (Å²) in [6.07, 6.45) is 4.36. The number of carbonyl (C=O) groups excluding carboxylic acids is 3. The van der Waals surface area contributed by atoms with Crippen molar-refractivity contribution >= 4 is 23.5 Å². The van der Waals surface area contributed by atoms with Crippen molar-refractivity contribution in [2.45, 2.75) is 38.6 Å². The third kappa shape index (κ3) is 3.24. The number of nitrogens with one attached hydrogen (secondary N) is 1. The molecule has 2 atom stereocenters. The molecular formula is C18H24N3O4+. The van der Waals surface area contributed by atoms with Crippen molar-refractivity contribution in [1.82, 2.24) is 4.90 Å². The van der Waals surface area contributed by atoms with E-state index < -0.39 is 17.8 Å². The smallest absolute Gasteiger partial charge is 0.343 e. The molecule has 1 aromatic carbocycles. The van der Waals surface area contributed by atoms with Crippen LogP contribution in [0, 0.1) is 0 Å². The number of benzene rings is 1. The van der Waals surface area contributed by atoms with Crippen LogP contribution in [0.25, 0.3) is 0 Å². The summed E-state index contributed by atoms with van der Waals surface area (Å²) in [6, 6.07) is 6.40. The molecule has 7 nitrogen and oxygen atoms in total. The monoisotopic (exact) mass is 346 g/mol. The van der Waals surface area contributed by atoms with Gasteiger partial charge in [-0.2, -0.15) is 0 Å². The summed E-state index contributed by atoms with van der Waals surface area (Å²) in [5.74, 6) is -0.914. The van der Waals surface area contributed by atoms with E-state index in [1.54, 1.807) is 24.3 Å². The number of hydrogen-bond donors (Lipinski definition) is 1. The average molecular weight is 346 g/mol. The van der Waals surface area contributed by atoms with E-state index in [1.165, 1.54) is 18.4 Å². The van der Waals surface area contributed by atoms with Crippen molar-refractivity contribution in [1.29, 1.82) is 0 Å².